The van der Waals surface area contributed by atoms with Gasteiger partial charge in [0.2, 0.25) is 0 Å². The summed E-state index contributed by atoms with van der Waals surface area (Å²) in [7, 11) is 0. The van der Waals surface area contributed by atoms with Crippen LogP contribution < -0.4 is 0 Å². The van der Waals surface area contributed by atoms with E-state index in [1.165, 1.54) is 11.1 Å². The third-order valence-electron chi connectivity index (χ3n) is 3.66. The van der Waals surface area contributed by atoms with Gasteiger partial charge in [-0.05, 0) is 42.0 Å². The lowest BCUT2D eigenvalue weighted by atomic mass is 9.93. The number of hydrogen-bond donors (Lipinski definition) is 0. The normalized spacial score (nSPS) is 12.2. The van der Waals surface area contributed by atoms with Gasteiger partial charge in [-0.1, -0.05) is 52.0 Å². The minimum atomic E-state index is 0.457. The van der Waals surface area contributed by atoms with Crippen molar-refractivity contribution < 1.29 is 0 Å². The number of aromatic nitrogens is 1. The Balaban J connectivity index is 2.56. The Bertz CT molecular complexity index is 599. The first-order valence-electron chi connectivity index (χ1n) is 7.60. The van der Waals surface area contributed by atoms with E-state index in [9.17, 15) is 0 Å². The molecule has 0 spiro atoms. The summed E-state index contributed by atoms with van der Waals surface area (Å²) in [5.74, 6) is 0.915. The fourth-order valence-electron chi connectivity index (χ4n) is 2.44. The molecule has 2 rings (SSSR count). The average Bonchev–Trinajstić information content (AvgIpc) is 2.47. The van der Waals surface area contributed by atoms with Crippen LogP contribution in [0.4, 0.5) is 5.69 Å². The summed E-state index contributed by atoms with van der Waals surface area (Å²) in [5.41, 5.74) is 5.62. The van der Waals surface area contributed by atoms with E-state index in [1.807, 2.05) is 31.3 Å². The Hall–Kier alpha value is -1.96. The molecule has 0 amide bonds. The number of benzene rings is 1. The van der Waals surface area contributed by atoms with E-state index in [0.717, 1.165) is 17.1 Å². The van der Waals surface area contributed by atoms with Gasteiger partial charge in [0.1, 0.15) is 0 Å². The zero-order chi connectivity index (χ0) is 15.4. The third-order valence-corrected chi connectivity index (χ3v) is 3.66. The van der Waals surface area contributed by atoms with Crippen LogP contribution in [0.15, 0.2) is 47.6 Å². The van der Waals surface area contributed by atoms with Crippen molar-refractivity contribution >= 4 is 11.4 Å². The van der Waals surface area contributed by atoms with Crippen LogP contribution in [-0.2, 0) is 0 Å². The molecule has 2 nitrogen and oxygen atoms in total. The molecular weight excluding hydrogens is 256 g/mol. The van der Waals surface area contributed by atoms with Gasteiger partial charge in [-0.15, -0.1) is 0 Å². The molecule has 0 bridgehead atoms. The largest absolute Gasteiger partial charge is 0.255 e. The van der Waals surface area contributed by atoms with Crippen molar-refractivity contribution in [3.8, 4) is 0 Å². The highest BCUT2D eigenvalue weighted by Crippen LogP contribution is 2.35. The highest BCUT2D eigenvalue weighted by Gasteiger charge is 2.13. The molecule has 0 fully saturated rings. The fourth-order valence-corrected chi connectivity index (χ4v) is 2.44. The lowest BCUT2D eigenvalue weighted by molar-refractivity contribution is 0.834. The number of aliphatic imine (C=N–C) groups is 1. The van der Waals surface area contributed by atoms with Gasteiger partial charge >= 0.3 is 0 Å². The molecule has 1 aromatic carbocycles. The van der Waals surface area contributed by atoms with Gasteiger partial charge in [0.05, 0.1) is 17.1 Å². The van der Waals surface area contributed by atoms with Crippen LogP contribution in [-0.4, -0.2) is 10.7 Å². The van der Waals surface area contributed by atoms with Crippen molar-refractivity contribution in [2.24, 2.45) is 4.99 Å². The molecule has 0 N–H and O–H groups in total. The van der Waals surface area contributed by atoms with Crippen molar-refractivity contribution in [2.45, 2.75) is 46.5 Å². The van der Waals surface area contributed by atoms with Crippen LogP contribution in [0.25, 0.3) is 0 Å². The summed E-state index contributed by atoms with van der Waals surface area (Å²) >= 11 is 0. The van der Waals surface area contributed by atoms with E-state index in [2.05, 4.69) is 50.9 Å². The minimum Gasteiger partial charge on any atom is -0.255 e. The Labute approximate surface area is 128 Å². The molecule has 0 unspecified atom stereocenters. The molecule has 1 heterocycles. The molecule has 0 atom stereocenters. The van der Waals surface area contributed by atoms with Crippen molar-refractivity contribution in [1.29, 1.82) is 0 Å². The average molecular weight is 280 g/mol. The number of rotatable bonds is 4. The van der Waals surface area contributed by atoms with Crippen molar-refractivity contribution in [3.63, 3.8) is 0 Å². The Morgan fingerprint density at radius 1 is 0.905 bits per heavy atom. The van der Waals surface area contributed by atoms with Crippen LogP contribution in [0.1, 0.15) is 63.3 Å². The quantitative estimate of drug-likeness (QED) is 0.682. The zero-order valence-electron chi connectivity index (χ0n) is 13.6. The Kier molecular flexibility index (Phi) is 4.89. The maximum Gasteiger partial charge on any atom is 0.0841 e. The molecule has 0 aliphatic heterocycles. The van der Waals surface area contributed by atoms with Gasteiger partial charge < -0.3 is 0 Å². The predicted molar refractivity (Wildman–Crippen MR) is 90.7 cm³/mol. The molecule has 0 saturated heterocycles. The SMILES string of the molecule is CC(=Nc1c(C(C)C)cccc1C(C)C)c1ccccn1. The molecule has 0 saturated carbocycles. The number of hydrogen-bond acceptors (Lipinski definition) is 2. The fraction of sp³-hybridized carbons (Fsp3) is 0.368. The van der Waals surface area contributed by atoms with Crippen LogP contribution in [0.2, 0.25) is 0 Å². The Morgan fingerprint density at radius 3 is 2.00 bits per heavy atom. The number of nitrogens with zero attached hydrogens (tertiary/aromatic N) is 2. The molecule has 0 aliphatic carbocycles. The van der Waals surface area contributed by atoms with Crippen LogP contribution >= 0.6 is 0 Å². The first-order chi connectivity index (χ1) is 10.0. The summed E-state index contributed by atoms with van der Waals surface area (Å²) in [6.07, 6.45) is 1.81. The van der Waals surface area contributed by atoms with E-state index in [-0.39, 0.29) is 0 Å². The maximum absolute atomic E-state index is 4.93. The summed E-state index contributed by atoms with van der Waals surface area (Å²) < 4.78 is 0. The topological polar surface area (TPSA) is 25.2 Å². The molecular formula is C19H24N2. The molecule has 0 radical (unpaired) electrons. The lowest BCUT2D eigenvalue weighted by Crippen LogP contribution is -2.00. The maximum atomic E-state index is 4.93. The van der Waals surface area contributed by atoms with E-state index < -0.39 is 0 Å². The predicted octanol–water partition coefficient (Wildman–Crippen LogP) is 5.47. The summed E-state index contributed by atoms with van der Waals surface area (Å²) in [6.45, 7) is 10.9. The first-order valence-corrected chi connectivity index (χ1v) is 7.60. The smallest absolute Gasteiger partial charge is 0.0841 e. The van der Waals surface area contributed by atoms with Gasteiger partial charge in [0.25, 0.3) is 0 Å². The second kappa shape index (κ2) is 6.66. The van der Waals surface area contributed by atoms with Gasteiger partial charge in [-0.2, -0.15) is 0 Å². The summed E-state index contributed by atoms with van der Waals surface area (Å²) in [5, 5.41) is 0. The van der Waals surface area contributed by atoms with Crippen molar-refractivity contribution in [2.75, 3.05) is 0 Å². The van der Waals surface area contributed by atoms with Gasteiger partial charge in [0.15, 0.2) is 0 Å². The second-order valence-corrected chi connectivity index (χ2v) is 6.01. The number of pyridine rings is 1. The minimum absolute atomic E-state index is 0.457. The lowest BCUT2D eigenvalue weighted by Gasteiger charge is -2.17. The van der Waals surface area contributed by atoms with Crippen LogP contribution in [0.5, 0.6) is 0 Å². The summed E-state index contributed by atoms with van der Waals surface area (Å²) in [4.78, 5) is 9.32. The van der Waals surface area contributed by atoms with Gasteiger partial charge in [-0.3, -0.25) is 9.98 Å². The molecule has 2 heteroatoms. The number of para-hydroxylation sites is 1. The molecule has 21 heavy (non-hydrogen) atoms. The second-order valence-electron chi connectivity index (χ2n) is 6.01. The molecule has 1 aromatic heterocycles. The Morgan fingerprint density at radius 2 is 1.52 bits per heavy atom. The first kappa shape index (κ1) is 15.4. The van der Waals surface area contributed by atoms with Crippen LogP contribution in [0.3, 0.4) is 0 Å². The van der Waals surface area contributed by atoms with Crippen LogP contribution in [0, 0.1) is 0 Å². The zero-order valence-corrected chi connectivity index (χ0v) is 13.6. The standard InChI is InChI=1S/C19H24N2/c1-13(2)16-9-8-10-17(14(3)4)19(16)21-15(5)18-11-6-7-12-20-18/h6-14H,1-5H3. The molecule has 2 aromatic rings. The molecule has 0 aliphatic rings. The van der Waals surface area contributed by atoms with E-state index in [0.29, 0.717) is 11.8 Å². The molecule has 110 valence electrons. The van der Waals surface area contributed by atoms with E-state index in [4.69, 9.17) is 4.99 Å². The van der Waals surface area contributed by atoms with Crippen molar-refractivity contribution in [1.82, 2.24) is 4.98 Å². The van der Waals surface area contributed by atoms with Crippen molar-refractivity contribution in [3.05, 3.63) is 59.4 Å². The summed E-state index contributed by atoms with van der Waals surface area (Å²) in [6, 6.07) is 12.4. The highest BCUT2D eigenvalue weighted by atomic mass is 14.8. The van der Waals surface area contributed by atoms with E-state index in [1.54, 1.807) is 0 Å². The monoisotopic (exact) mass is 280 g/mol. The highest BCUT2D eigenvalue weighted by molar-refractivity contribution is 5.99. The van der Waals surface area contributed by atoms with Gasteiger partial charge in [-0.25, -0.2) is 0 Å². The van der Waals surface area contributed by atoms with E-state index >= 15 is 0 Å². The third kappa shape index (κ3) is 3.57. The van der Waals surface area contributed by atoms with Gasteiger partial charge in [0, 0.05) is 6.20 Å².